The molecule has 0 saturated carbocycles. The van der Waals surface area contributed by atoms with Gasteiger partial charge in [0.05, 0.1) is 0 Å². The molecule has 3 N–H and O–H groups in total. The maximum Gasteiger partial charge on any atom is 0.343 e. The predicted molar refractivity (Wildman–Crippen MR) is 57.5 cm³/mol. The van der Waals surface area contributed by atoms with E-state index in [-0.39, 0.29) is 5.69 Å². The van der Waals surface area contributed by atoms with Crippen molar-refractivity contribution in [3.8, 4) is 0 Å². The van der Waals surface area contributed by atoms with Crippen LogP contribution in [0.5, 0.6) is 0 Å². The number of hydrogen-bond donors (Lipinski definition) is 2. The summed E-state index contributed by atoms with van der Waals surface area (Å²) in [4.78, 5) is 11.1. The molecule has 0 saturated heterocycles. The molecule has 0 aliphatic heterocycles. The molecule has 0 aliphatic carbocycles. The second-order valence-corrected chi connectivity index (χ2v) is 3.43. The van der Waals surface area contributed by atoms with Crippen LogP contribution in [-0.4, -0.2) is 14.8 Å². The van der Waals surface area contributed by atoms with Gasteiger partial charge in [-0.15, -0.1) is 0 Å². The molecule has 78 valence electrons. The molecular weight excluding hydrogens is 192 g/mol. The highest BCUT2D eigenvalue weighted by Gasteiger charge is 2.04. The predicted octanol–water partition coefficient (Wildman–Crippen LogP) is 0.281. The normalized spacial score (nSPS) is 10.5. The Morgan fingerprint density at radius 3 is 2.93 bits per heavy atom. The molecule has 15 heavy (non-hydrogen) atoms. The minimum Gasteiger partial charge on any atom is -0.399 e. The largest absolute Gasteiger partial charge is 0.399 e. The van der Waals surface area contributed by atoms with Gasteiger partial charge in [-0.2, -0.15) is 5.10 Å². The third kappa shape index (κ3) is 1.90. The SMILES string of the molecule is Cn1c(Cc2cccc(N)c2)n[nH]c1=O. The Labute approximate surface area is 86.5 Å². The monoisotopic (exact) mass is 204 g/mol. The van der Waals surface area contributed by atoms with E-state index in [1.807, 2.05) is 24.3 Å². The Kier molecular flexibility index (Phi) is 2.29. The van der Waals surface area contributed by atoms with Gasteiger partial charge in [0.2, 0.25) is 0 Å². The van der Waals surface area contributed by atoms with E-state index in [4.69, 9.17) is 5.73 Å². The van der Waals surface area contributed by atoms with Gasteiger partial charge in [-0.1, -0.05) is 12.1 Å². The van der Waals surface area contributed by atoms with Crippen LogP contribution in [0.3, 0.4) is 0 Å². The van der Waals surface area contributed by atoms with Crippen molar-refractivity contribution in [2.45, 2.75) is 6.42 Å². The molecule has 5 nitrogen and oxygen atoms in total. The van der Waals surface area contributed by atoms with Crippen molar-refractivity contribution in [3.05, 3.63) is 46.1 Å². The van der Waals surface area contributed by atoms with Crippen LogP contribution in [0.1, 0.15) is 11.4 Å². The molecule has 0 aliphatic rings. The lowest BCUT2D eigenvalue weighted by Gasteiger charge is -2.01. The van der Waals surface area contributed by atoms with Gasteiger partial charge in [0, 0.05) is 19.2 Å². The van der Waals surface area contributed by atoms with Gasteiger partial charge in [0.25, 0.3) is 0 Å². The zero-order valence-electron chi connectivity index (χ0n) is 8.40. The molecule has 0 radical (unpaired) electrons. The van der Waals surface area contributed by atoms with E-state index in [1.165, 1.54) is 4.57 Å². The fraction of sp³-hybridized carbons (Fsp3) is 0.200. The Hall–Kier alpha value is -2.04. The van der Waals surface area contributed by atoms with Gasteiger partial charge in [-0.05, 0) is 17.7 Å². The van der Waals surface area contributed by atoms with Gasteiger partial charge in [0.15, 0.2) is 0 Å². The lowest BCUT2D eigenvalue weighted by Crippen LogP contribution is -2.14. The molecule has 0 spiro atoms. The number of rotatable bonds is 2. The second-order valence-electron chi connectivity index (χ2n) is 3.43. The van der Waals surface area contributed by atoms with Crippen LogP contribution >= 0.6 is 0 Å². The van der Waals surface area contributed by atoms with Crippen molar-refractivity contribution in [2.24, 2.45) is 7.05 Å². The lowest BCUT2D eigenvalue weighted by atomic mass is 10.1. The van der Waals surface area contributed by atoms with E-state index in [1.54, 1.807) is 7.05 Å². The number of aromatic amines is 1. The van der Waals surface area contributed by atoms with Crippen molar-refractivity contribution in [1.29, 1.82) is 0 Å². The van der Waals surface area contributed by atoms with Gasteiger partial charge < -0.3 is 5.73 Å². The standard InChI is InChI=1S/C10H12N4O/c1-14-9(12-13-10(14)15)6-7-3-2-4-8(11)5-7/h2-5H,6,11H2,1H3,(H,13,15). The number of nitrogens with one attached hydrogen (secondary N) is 1. The summed E-state index contributed by atoms with van der Waals surface area (Å²) in [5.41, 5.74) is 7.21. The number of nitrogen functional groups attached to an aromatic ring is 1. The first-order chi connectivity index (χ1) is 7.16. The fourth-order valence-electron chi connectivity index (χ4n) is 1.42. The molecule has 1 aromatic heterocycles. The summed E-state index contributed by atoms with van der Waals surface area (Å²) in [6.45, 7) is 0. The zero-order chi connectivity index (χ0) is 10.8. The van der Waals surface area contributed by atoms with Crippen molar-refractivity contribution < 1.29 is 0 Å². The van der Waals surface area contributed by atoms with Crippen LogP contribution in [0.2, 0.25) is 0 Å². The number of benzene rings is 1. The molecule has 1 aromatic carbocycles. The maximum absolute atomic E-state index is 11.1. The summed E-state index contributed by atoms with van der Waals surface area (Å²) in [6.07, 6.45) is 0.598. The number of H-pyrrole nitrogens is 1. The van der Waals surface area contributed by atoms with Crippen LogP contribution in [0.25, 0.3) is 0 Å². The molecule has 2 rings (SSSR count). The van der Waals surface area contributed by atoms with Crippen LogP contribution in [0, 0.1) is 0 Å². The maximum atomic E-state index is 11.1. The van der Waals surface area contributed by atoms with Crippen molar-refractivity contribution in [1.82, 2.24) is 14.8 Å². The summed E-state index contributed by atoms with van der Waals surface area (Å²) in [5, 5.41) is 6.32. The summed E-state index contributed by atoms with van der Waals surface area (Å²) in [6, 6.07) is 7.54. The van der Waals surface area contributed by atoms with Crippen LogP contribution in [0.15, 0.2) is 29.1 Å². The highest BCUT2D eigenvalue weighted by Crippen LogP contribution is 2.09. The lowest BCUT2D eigenvalue weighted by molar-refractivity contribution is 0.797. The van der Waals surface area contributed by atoms with Crippen molar-refractivity contribution in [3.63, 3.8) is 0 Å². The minimum atomic E-state index is -0.200. The van der Waals surface area contributed by atoms with Gasteiger partial charge in [-0.3, -0.25) is 4.57 Å². The highest BCUT2D eigenvalue weighted by atomic mass is 16.1. The summed E-state index contributed by atoms with van der Waals surface area (Å²) in [7, 11) is 1.69. The van der Waals surface area contributed by atoms with Crippen LogP contribution in [-0.2, 0) is 13.5 Å². The topological polar surface area (TPSA) is 76.7 Å². The molecule has 1 heterocycles. The van der Waals surface area contributed by atoms with Gasteiger partial charge in [-0.25, -0.2) is 9.89 Å². The third-order valence-corrected chi connectivity index (χ3v) is 2.29. The number of anilines is 1. The smallest absolute Gasteiger partial charge is 0.343 e. The number of nitrogens with zero attached hydrogens (tertiary/aromatic N) is 2. The highest BCUT2D eigenvalue weighted by molar-refractivity contribution is 5.41. The average Bonchev–Trinajstić information content (AvgIpc) is 2.50. The molecule has 5 heteroatoms. The van der Waals surface area contributed by atoms with E-state index in [2.05, 4.69) is 10.2 Å². The minimum absolute atomic E-state index is 0.200. The zero-order valence-corrected chi connectivity index (χ0v) is 8.40. The molecule has 0 amide bonds. The molecular formula is C10H12N4O. The quantitative estimate of drug-likeness (QED) is 0.690. The summed E-state index contributed by atoms with van der Waals surface area (Å²) >= 11 is 0. The van der Waals surface area contributed by atoms with E-state index in [9.17, 15) is 4.79 Å². The van der Waals surface area contributed by atoms with Gasteiger partial charge in [0.1, 0.15) is 5.82 Å². The molecule has 0 bridgehead atoms. The Morgan fingerprint density at radius 1 is 1.53 bits per heavy atom. The van der Waals surface area contributed by atoms with Crippen LogP contribution in [0.4, 0.5) is 5.69 Å². The first kappa shape index (κ1) is 9.51. The Bertz CT molecular complexity index is 526. The molecule has 0 unspecified atom stereocenters. The van der Waals surface area contributed by atoms with E-state index in [0.29, 0.717) is 17.9 Å². The van der Waals surface area contributed by atoms with E-state index < -0.39 is 0 Å². The second kappa shape index (κ2) is 3.61. The van der Waals surface area contributed by atoms with Gasteiger partial charge >= 0.3 is 5.69 Å². The van der Waals surface area contributed by atoms with Crippen molar-refractivity contribution >= 4 is 5.69 Å². The summed E-state index contributed by atoms with van der Waals surface area (Å²) in [5.74, 6) is 0.700. The van der Waals surface area contributed by atoms with Crippen molar-refractivity contribution in [2.75, 3.05) is 5.73 Å². The fourth-order valence-corrected chi connectivity index (χ4v) is 1.42. The number of nitrogens with two attached hydrogens (primary N) is 1. The average molecular weight is 204 g/mol. The molecule has 0 fully saturated rings. The Balaban J connectivity index is 2.29. The van der Waals surface area contributed by atoms with Crippen LogP contribution < -0.4 is 11.4 Å². The first-order valence-electron chi connectivity index (χ1n) is 4.61. The van der Waals surface area contributed by atoms with E-state index >= 15 is 0 Å². The first-order valence-corrected chi connectivity index (χ1v) is 4.61. The number of hydrogen-bond acceptors (Lipinski definition) is 3. The van der Waals surface area contributed by atoms with E-state index in [0.717, 1.165) is 5.56 Å². The Morgan fingerprint density at radius 2 is 2.33 bits per heavy atom. The third-order valence-electron chi connectivity index (χ3n) is 2.29. The summed E-state index contributed by atoms with van der Waals surface area (Å²) < 4.78 is 1.49. The number of aromatic nitrogens is 3. The molecule has 0 atom stereocenters. The molecule has 2 aromatic rings.